The Hall–Kier alpha value is -3.67. The zero-order valence-corrected chi connectivity index (χ0v) is 19.7. The van der Waals surface area contributed by atoms with Crippen molar-refractivity contribution in [3.63, 3.8) is 0 Å². The number of benzene rings is 2. The number of carbonyl (C=O) groups is 1. The van der Waals surface area contributed by atoms with Crippen LogP contribution in [0.2, 0.25) is 0 Å². The van der Waals surface area contributed by atoms with E-state index in [4.69, 9.17) is 5.10 Å². The van der Waals surface area contributed by atoms with Gasteiger partial charge in [-0.25, -0.2) is 4.79 Å². The van der Waals surface area contributed by atoms with E-state index in [1.807, 2.05) is 47.5 Å². The number of nitrogens with zero attached hydrogens (tertiary/aromatic N) is 4. The molecule has 0 radical (unpaired) electrons. The fraction of sp³-hybridized carbons (Fsp3) is 0.321. The third-order valence-corrected chi connectivity index (χ3v) is 7.57. The Morgan fingerprint density at radius 2 is 1.76 bits per heavy atom. The average molecular weight is 452 g/mol. The molecule has 4 aromatic rings. The predicted octanol–water partition coefficient (Wildman–Crippen LogP) is 5.09. The molecule has 2 aromatic carbocycles. The molecule has 2 aliphatic heterocycles. The van der Waals surface area contributed by atoms with Crippen molar-refractivity contribution in [1.29, 1.82) is 0 Å². The Bertz CT molecular complexity index is 1380. The van der Waals surface area contributed by atoms with Crippen LogP contribution in [-0.2, 0) is 17.5 Å². The third-order valence-electron chi connectivity index (χ3n) is 7.57. The zero-order chi connectivity index (χ0) is 23.3. The molecule has 1 N–H and O–H groups in total. The summed E-state index contributed by atoms with van der Waals surface area (Å²) in [5.74, 6) is 0. The minimum atomic E-state index is -0.429. The van der Waals surface area contributed by atoms with E-state index in [1.165, 1.54) is 5.69 Å². The Kier molecular flexibility index (Phi) is 4.73. The smallest absolute Gasteiger partial charge is 0.318 e. The molecule has 0 saturated carbocycles. The van der Waals surface area contributed by atoms with Crippen LogP contribution in [0, 0.1) is 0 Å². The number of rotatable bonds is 3. The summed E-state index contributed by atoms with van der Waals surface area (Å²) in [4.78, 5) is 19.8. The van der Waals surface area contributed by atoms with Crippen molar-refractivity contribution in [2.24, 2.45) is 0 Å². The molecule has 34 heavy (non-hydrogen) atoms. The van der Waals surface area contributed by atoms with E-state index in [1.54, 1.807) is 0 Å². The van der Waals surface area contributed by atoms with Crippen molar-refractivity contribution in [2.75, 3.05) is 13.1 Å². The summed E-state index contributed by atoms with van der Waals surface area (Å²) in [6, 6.07) is 22.7. The normalized spacial score (nSPS) is 19.6. The van der Waals surface area contributed by atoms with E-state index in [0.29, 0.717) is 0 Å². The average Bonchev–Trinajstić information content (AvgIpc) is 3.56. The maximum absolute atomic E-state index is 13.2. The number of fused-ring (bicyclic) bond motifs is 3. The first-order valence-corrected chi connectivity index (χ1v) is 12.0. The lowest BCUT2D eigenvalue weighted by atomic mass is 9.82. The Morgan fingerprint density at radius 3 is 2.62 bits per heavy atom. The molecular weight excluding hydrogens is 422 g/mol. The van der Waals surface area contributed by atoms with Crippen molar-refractivity contribution < 1.29 is 4.79 Å². The van der Waals surface area contributed by atoms with Crippen LogP contribution in [0.15, 0.2) is 72.9 Å². The van der Waals surface area contributed by atoms with Crippen LogP contribution < -0.4 is 5.32 Å². The van der Waals surface area contributed by atoms with Gasteiger partial charge in [-0.15, -0.1) is 0 Å². The van der Waals surface area contributed by atoms with Gasteiger partial charge in [0.05, 0.1) is 16.7 Å². The standard InChI is InChI=1S/C28H29N5O/c1-27(2,22-9-4-3-5-10-22)30-26(34)32-14-12-28(19-32)13-15-33-25(28)17-24(31-33)21-16-20-8-6-7-11-23(20)29-18-21/h3-11,16-18H,12-15,19H2,1-2H3,(H,30,34). The quantitative estimate of drug-likeness (QED) is 0.472. The number of urea groups is 1. The minimum absolute atomic E-state index is 0.00245. The van der Waals surface area contributed by atoms with Gasteiger partial charge in [0.25, 0.3) is 0 Å². The molecule has 1 spiro atoms. The summed E-state index contributed by atoms with van der Waals surface area (Å²) in [6.07, 6.45) is 3.90. The first kappa shape index (κ1) is 20.9. The maximum Gasteiger partial charge on any atom is 0.318 e. The second-order valence-corrected chi connectivity index (χ2v) is 10.2. The number of pyridine rings is 1. The molecule has 6 heteroatoms. The number of hydrogen-bond acceptors (Lipinski definition) is 3. The number of hydrogen-bond donors (Lipinski definition) is 1. The van der Waals surface area contributed by atoms with E-state index in [-0.39, 0.29) is 11.4 Å². The number of carbonyl (C=O) groups excluding carboxylic acids is 1. The van der Waals surface area contributed by atoms with Crippen LogP contribution in [0.5, 0.6) is 0 Å². The van der Waals surface area contributed by atoms with Gasteiger partial charge < -0.3 is 10.2 Å². The summed E-state index contributed by atoms with van der Waals surface area (Å²) < 4.78 is 2.14. The van der Waals surface area contributed by atoms with E-state index >= 15 is 0 Å². The Balaban J connectivity index is 1.22. The van der Waals surface area contributed by atoms with E-state index in [2.05, 4.69) is 59.2 Å². The molecule has 4 heterocycles. The van der Waals surface area contributed by atoms with Crippen LogP contribution in [0.1, 0.15) is 37.9 Å². The molecule has 0 aliphatic carbocycles. The van der Waals surface area contributed by atoms with Gasteiger partial charge in [0.2, 0.25) is 0 Å². The lowest BCUT2D eigenvalue weighted by Gasteiger charge is -2.30. The summed E-state index contributed by atoms with van der Waals surface area (Å²) in [6.45, 7) is 6.49. The van der Waals surface area contributed by atoms with Crippen LogP contribution in [-0.4, -0.2) is 38.8 Å². The summed E-state index contributed by atoms with van der Waals surface area (Å²) in [5, 5.41) is 9.28. The minimum Gasteiger partial charge on any atom is -0.329 e. The molecule has 1 fully saturated rings. The number of aryl methyl sites for hydroxylation is 1. The van der Waals surface area contributed by atoms with Gasteiger partial charge in [-0.2, -0.15) is 5.10 Å². The second-order valence-electron chi connectivity index (χ2n) is 10.2. The highest BCUT2D eigenvalue weighted by atomic mass is 16.2. The van der Waals surface area contributed by atoms with E-state index in [9.17, 15) is 4.79 Å². The molecule has 6 nitrogen and oxygen atoms in total. The highest BCUT2D eigenvalue weighted by molar-refractivity contribution is 5.83. The number of para-hydroxylation sites is 1. The molecule has 6 rings (SSSR count). The van der Waals surface area contributed by atoms with Crippen molar-refractivity contribution in [1.82, 2.24) is 25.0 Å². The summed E-state index contributed by atoms with van der Waals surface area (Å²) in [7, 11) is 0. The van der Waals surface area contributed by atoms with Gasteiger partial charge >= 0.3 is 6.03 Å². The number of nitrogens with one attached hydrogen (secondary N) is 1. The lowest BCUT2D eigenvalue weighted by Crippen LogP contribution is -2.48. The monoisotopic (exact) mass is 451 g/mol. The van der Waals surface area contributed by atoms with Gasteiger partial charge in [-0.3, -0.25) is 9.67 Å². The van der Waals surface area contributed by atoms with Crippen molar-refractivity contribution >= 4 is 16.9 Å². The fourth-order valence-electron chi connectivity index (χ4n) is 5.55. The molecule has 1 saturated heterocycles. The molecular formula is C28H29N5O. The molecule has 172 valence electrons. The molecule has 2 amide bonds. The highest BCUT2D eigenvalue weighted by Crippen LogP contribution is 2.44. The van der Waals surface area contributed by atoms with Crippen LogP contribution in [0.3, 0.4) is 0 Å². The van der Waals surface area contributed by atoms with Gasteiger partial charge in [0.15, 0.2) is 0 Å². The second kappa shape index (κ2) is 7.69. The molecule has 1 unspecified atom stereocenters. The largest absolute Gasteiger partial charge is 0.329 e. The Labute approximate surface area is 199 Å². The van der Waals surface area contributed by atoms with Crippen LogP contribution in [0.25, 0.3) is 22.2 Å². The molecule has 2 aliphatic rings. The summed E-state index contributed by atoms with van der Waals surface area (Å²) in [5.41, 5.74) is 4.88. The SMILES string of the molecule is CC(C)(NC(=O)N1CCC2(CCn3nc(-c4cnc5ccccc5c4)cc32)C1)c1ccccc1. The number of aromatic nitrogens is 3. The lowest BCUT2D eigenvalue weighted by molar-refractivity contribution is 0.194. The van der Waals surface area contributed by atoms with Crippen molar-refractivity contribution in [2.45, 2.75) is 44.2 Å². The maximum atomic E-state index is 13.2. The summed E-state index contributed by atoms with van der Waals surface area (Å²) >= 11 is 0. The van der Waals surface area contributed by atoms with Crippen molar-refractivity contribution in [3.05, 3.63) is 84.2 Å². The van der Waals surface area contributed by atoms with Crippen LogP contribution >= 0.6 is 0 Å². The Morgan fingerprint density at radius 1 is 1.00 bits per heavy atom. The third kappa shape index (κ3) is 3.45. The van der Waals surface area contributed by atoms with E-state index in [0.717, 1.165) is 60.2 Å². The molecule has 0 bridgehead atoms. The highest BCUT2D eigenvalue weighted by Gasteiger charge is 2.47. The fourth-order valence-corrected chi connectivity index (χ4v) is 5.55. The zero-order valence-electron chi connectivity index (χ0n) is 19.7. The van der Waals surface area contributed by atoms with Gasteiger partial charge in [0, 0.05) is 47.9 Å². The predicted molar refractivity (Wildman–Crippen MR) is 133 cm³/mol. The number of likely N-dealkylation sites (tertiary alicyclic amines) is 1. The topological polar surface area (TPSA) is 63.1 Å². The first-order valence-electron chi connectivity index (χ1n) is 12.0. The van der Waals surface area contributed by atoms with E-state index < -0.39 is 5.54 Å². The van der Waals surface area contributed by atoms with Gasteiger partial charge in [-0.05, 0) is 50.5 Å². The van der Waals surface area contributed by atoms with Crippen LogP contribution in [0.4, 0.5) is 4.79 Å². The molecule has 1 atom stereocenters. The van der Waals surface area contributed by atoms with Crippen molar-refractivity contribution in [3.8, 4) is 11.3 Å². The van der Waals surface area contributed by atoms with Gasteiger partial charge in [-0.1, -0.05) is 48.5 Å². The number of amides is 2. The first-order chi connectivity index (χ1) is 16.4. The molecule has 2 aromatic heterocycles. The van der Waals surface area contributed by atoms with Gasteiger partial charge in [0.1, 0.15) is 0 Å².